The van der Waals surface area contributed by atoms with Crippen LogP contribution in [0.5, 0.6) is 0 Å². The first-order valence-electron chi connectivity index (χ1n) is 5.01. The Morgan fingerprint density at radius 2 is 2.17 bits per heavy atom. The van der Waals surface area contributed by atoms with Crippen LogP contribution in [0.3, 0.4) is 0 Å². The highest BCUT2D eigenvalue weighted by Gasteiger charge is 2.32. The third-order valence-electron chi connectivity index (χ3n) is 2.47. The second-order valence-corrected chi connectivity index (χ2v) is 3.75. The molecule has 1 aromatic carbocycles. The van der Waals surface area contributed by atoms with E-state index in [1.165, 1.54) is 12.1 Å². The summed E-state index contributed by atoms with van der Waals surface area (Å²) in [5.74, 6) is -1.19. The highest BCUT2D eigenvalue weighted by Crippen LogP contribution is 2.30. The van der Waals surface area contributed by atoms with Gasteiger partial charge >= 0.3 is 12.1 Å². The zero-order chi connectivity index (χ0) is 13.3. The molecule has 4 nitrogen and oxygen atoms in total. The van der Waals surface area contributed by atoms with Crippen LogP contribution in [-0.4, -0.2) is 22.9 Å². The van der Waals surface area contributed by atoms with Gasteiger partial charge in [0.05, 0.1) is 11.3 Å². The molecule has 0 saturated heterocycles. The molecule has 0 fully saturated rings. The summed E-state index contributed by atoms with van der Waals surface area (Å²) in [4.78, 5) is 15.2. The average molecular weight is 259 g/mol. The summed E-state index contributed by atoms with van der Waals surface area (Å²) in [6.45, 7) is 0. The van der Waals surface area contributed by atoms with Crippen molar-refractivity contribution in [2.45, 2.75) is 18.7 Å². The molecular weight excluding hydrogens is 251 g/mol. The van der Waals surface area contributed by atoms with Gasteiger partial charge in [-0.2, -0.15) is 13.2 Å². The van der Waals surface area contributed by atoms with Crippen LogP contribution in [0.1, 0.15) is 17.5 Å². The lowest BCUT2D eigenvalue weighted by Gasteiger charge is -2.07. The average Bonchev–Trinajstić information content (AvgIpc) is 2.77. The van der Waals surface area contributed by atoms with Gasteiger partial charge in [-0.15, -0.1) is 0 Å². The minimum Gasteiger partial charge on any atom is -0.478 e. The zero-order valence-electron chi connectivity index (χ0n) is 8.94. The number of carboxylic acid groups (broad SMARTS) is 1. The van der Waals surface area contributed by atoms with Crippen molar-refractivity contribution >= 4 is 11.7 Å². The van der Waals surface area contributed by atoms with E-state index in [4.69, 9.17) is 5.11 Å². The second-order valence-electron chi connectivity index (χ2n) is 3.75. The SMILES string of the molecule is O=C(O)C1CC(c2cccc(C(F)(F)F)c2)=NO1. The van der Waals surface area contributed by atoms with Crippen LogP contribution in [0.15, 0.2) is 29.4 Å². The van der Waals surface area contributed by atoms with E-state index in [1.807, 2.05) is 0 Å². The molecule has 0 amide bonds. The Balaban J connectivity index is 2.23. The third kappa shape index (κ3) is 2.44. The lowest BCUT2D eigenvalue weighted by atomic mass is 10.0. The molecular formula is C11H8F3NO3. The molecule has 1 unspecified atom stereocenters. The summed E-state index contributed by atoms with van der Waals surface area (Å²) in [7, 11) is 0. The van der Waals surface area contributed by atoms with Gasteiger partial charge in [-0.25, -0.2) is 4.79 Å². The van der Waals surface area contributed by atoms with E-state index in [-0.39, 0.29) is 17.7 Å². The van der Waals surface area contributed by atoms with Gasteiger partial charge in [-0.3, -0.25) is 0 Å². The molecule has 0 aromatic heterocycles. The van der Waals surface area contributed by atoms with Crippen LogP contribution >= 0.6 is 0 Å². The molecule has 1 heterocycles. The first-order chi connectivity index (χ1) is 8.38. The van der Waals surface area contributed by atoms with Gasteiger partial charge in [0, 0.05) is 12.0 Å². The number of hydrogen-bond acceptors (Lipinski definition) is 3. The second kappa shape index (κ2) is 4.32. The fraction of sp³-hybridized carbons (Fsp3) is 0.273. The van der Waals surface area contributed by atoms with E-state index in [1.54, 1.807) is 0 Å². The quantitative estimate of drug-likeness (QED) is 0.886. The Labute approximate surface area is 99.7 Å². The van der Waals surface area contributed by atoms with Gasteiger partial charge in [0.25, 0.3) is 0 Å². The van der Waals surface area contributed by atoms with Crippen LogP contribution < -0.4 is 0 Å². The molecule has 96 valence electrons. The Morgan fingerprint density at radius 3 is 2.72 bits per heavy atom. The number of alkyl halides is 3. The standard InChI is InChI=1S/C11H8F3NO3/c12-11(13,14)7-3-1-2-6(4-7)8-5-9(10(16)17)18-15-8/h1-4,9H,5H2,(H,16,17). The number of carbonyl (C=O) groups is 1. The van der Waals surface area contributed by atoms with Crippen molar-refractivity contribution in [3.05, 3.63) is 35.4 Å². The number of nitrogens with zero attached hydrogens (tertiary/aromatic N) is 1. The number of carboxylic acids is 1. The minimum atomic E-state index is -4.44. The lowest BCUT2D eigenvalue weighted by molar-refractivity contribution is -0.148. The van der Waals surface area contributed by atoms with E-state index in [9.17, 15) is 18.0 Å². The van der Waals surface area contributed by atoms with Crippen LogP contribution in [0, 0.1) is 0 Å². The molecule has 1 atom stereocenters. The summed E-state index contributed by atoms with van der Waals surface area (Å²) in [5, 5.41) is 12.2. The van der Waals surface area contributed by atoms with Crippen LogP contribution in [0.2, 0.25) is 0 Å². The molecule has 0 aliphatic carbocycles. The largest absolute Gasteiger partial charge is 0.478 e. The lowest BCUT2D eigenvalue weighted by Crippen LogP contribution is -2.20. The summed E-state index contributed by atoms with van der Waals surface area (Å²) in [5.41, 5.74) is -0.386. The molecule has 1 aliphatic heterocycles. The zero-order valence-corrected chi connectivity index (χ0v) is 8.94. The van der Waals surface area contributed by atoms with Crippen molar-refractivity contribution in [3.63, 3.8) is 0 Å². The van der Waals surface area contributed by atoms with Crippen molar-refractivity contribution in [1.82, 2.24) is 0 Å². The van der Waals surface area contributed by atoms with Crippen LogP contribution in [0.25, 0.3) is 0 Å². The highest BCUT2D eigenvalue weighted by atomic mass is 19.4. The van der Waals surface area contributed by atoms with Crippen molar-refractivity contribution < 1.29 is 27.9 Å². The number of benzene rings is 1. The van der Waals surface area contributed by atoms with Crippen molar-refractivity contribution in [1.29, 1.82) is 0 Å². The minimum absolute atomic E-state index is 0.0450. The fourth-order valence-electron chi connectivity index (χ4n) is 1.56. The normalized spacial score (nSPS) is 19.3. The predicted molar refractivity (Wildman–Crippen MR) is 55.1 cm³/mol. The Kier molecular flexibility index (Phi) is 2.98. The first kappa shape index (κ1) is 12.4. The van der Waals surface area contributed by atoms with E-state index in [0.29, 0.717) is 0 Å². The Morgan fingerprint density at radius 1 is 1.44 bits per heavy atom. The molecule has 0 saturated carbocycles. The molecule has 2 rings (SSSR count). The molecule has 18 heavy (non-hydrogen) atoms. The van der Waals surface area contributed by atoms with Gasteiger partial charge in [0.1, 0.15) is 0 Å². The highest BCUT2D eigenvalue weighted by molar-refractivity contribution is 6.03. The third-order valence-corrected chi connectivity index (χ3v) is 2.47. The molecule has 1 aromatic rings. The van der Waals surface area contributed by atoms with Crippen molar-refractivity contribution in [2.24, 2.45) is 5.16 Å². The van der Waals surface area contributed by atoms with Crippen molar-refractivity contribution in [3.8, 4) is 0 Å². The van der Waals surface area contributed by atoms with Gasteiger partial charge in [-0.05, 0) is 12.1 Å². The maximum absolute atomic E-state index is 12.5. The van der Waals surface area contributed by atoms with Crippen LogP contribution in [0.4, 0.5) is 13.2 Å². The van der Waals surface area contributed by atoms with Crippen LogP contribution in [-0.2, 0) is 15.8 Å². The van der Waals surface area contributed by atoms with Gasteiger partial charge in [0.15, 0.2) is 0 Å². The number of rotatable bonds is 2. The van der Waals surface area contributed by atoms with E-state index < -0.39 is 23.8 Å². The Hall–Kier alpha value is -2.05. The maximum atomic E-state index is 12.5. The number of aliphatic carboxylic acids is 1. The smallest absolute Gasteiger partial charge is 0.416 e. The molecule has 0 radical (unpaired) electrons. The topological polar surface area (TPSA) is 58.9 Å². The van der Waals surface area contributed by atoms with Gasteiger partial charge in [0.2, 0.25) is 6.10 Å². The molecule has 7 heteroatoms. The first-order valence-corrected chi connectivity index (χ1v) is 5.01. The van der Waals surface area contributed by atoms with E-state index in [2.05, 4.69) is 9.99 Å². The van der Waals surface area contributed by atoms with E-state index >= 15 is 0 Å². The predicted octanol–water partition coefficient (Wildman–Crippen LogP) is 2.28. The molecule has 1 aliphatic rings. The number of hydrogen-bond donors (Lipinski definition) is 1. The Bertz CT molecular complexity index is 511. The summed E-state index contributed by atoms with van der Waals surface area (Å²) in [6, 6.07) is 4.54. The molecule has 1 N–H and O–H groups in total. The fourth-order valence-corrected chi connectivity index (χ4v) is 1.56. The molecule has 0 bridgehead atoms. The monoisotopic (exact) mass is 259 g/mol. The van der Waals surface area contributed by atoms with Gasteiger partial charge < -0.3 is 9.94 Å². The maximum Gasteiger partial charge on any atom is 0.416 e. The van der Waals surface area contributed by atoms with Gasteiger partial charge in [-0.1, -0.05) is 17.3 Å². The van der Waals surface area contributed by atoms with Crippen molar-refractivity contribution in [2.75, 3.05) is 0 Å². The number of oxime groups is 1. The summed E-state index contributed by atoms with van der Waals surface area (Å²) < 4.78 is 37.5. The number of halogens is 3. The summed E-state index contributed by atoms with van der Waals surface area (Å²) >= 11 is 0. The summed E-state index contributed by atoms with van der Waals surface area (Å²) in [6.07, 6.45) is -5.62. The molecule has 0 spiro atoms. The van der Waals surface area contributed by atoms with E-state index in [0.717, 1.165) is 12.1 Å².